The maximum Gasteiger partial charge on any atom is 0.184 e. The summed E-state index contributed by atoms with van der Waals surface area (Å²) in [6, 6.07) is 3.67. The average molecular weight is 232 g/mol. The Balaban J connectivity index is 2.17. The Morgan fingerprint density at radius 1 is 1.29 bits per heavy atom. The minimum Gasteiger partial charge on any atom is -0.292 e. The molecule has 0 radical (unpaired) electrons. The number of ketones is 1. The van der Waals surface area contributed by atoms with Gasteiger partial charge >= 0.3 is 0 Å². The molecule has 2 heterocycles. The summed E-state index contributed by atoms with van der Waals surface area (Å²) in [5, 5.41) is 0. The molecule has 1 aromatic rings. The molecular weight excluding hydrogens is 212 g/mol. The Morgan fingerprint density at radius 3 is 2.59 bits per heavy atom. The third-order valence-electron chi connectivity index (χ3n) is 3.63. The van der Waals surface area contributed by atoms with Gasteiger partial charge in [0.25, 0.3) is 0 Å². The highest BCUT2D eigenvalue weighted by atomic mass is 16.1. The molecule has 0 saturated carbocycles. The number of hydrogen-bond acceptors (Lipinski definition) is 3. The fourth-order valence-electron chi connectivity index (χ4n) is 2.45. The summed E-state index contributed by atoms with van der Waals surface area (Å²) < 4.78 is 0. The van der Waals surface area contributed by atoms with Crippen molar-refractivity contribution in [1.82, 2.24) is 9.88 Å². The average Bonchev–Trinajstić information content (AvgIpc) is 2.40. The van der Waals surface area contributed by atoms with E-state index in [1.54, 1.807) is 12.4 Å². The SMILES string of the molecule is CC(C)(C(=O)c1cccnc1)N1CCCCC1. The van der Waals surface area contributed by atoms with Crippen LogP contribution in [0.15, 0.2) is 24.5 Å². The van der Waals surface area contributed by atoms with E-state index in [0.29, 0.717) is 5.56 Å². The molecule has 3 heteroatoms. The second kappa shape index (κ2) is 4.96. The third kappa shape index (κ3) is 2.55. The molecule has 2 rings (SSSR count). The van der Waals surface area contributed by atoms with Gasteiger partial charge in [-0.2, -0.15) is 0 Å². The predicted molar refractivity (Wildman–Crippen MR) is 68.1 cm³/mol. The van der Waals surface area contributed by atoms with E-state index >= 15 is 0 Å². The highest BCUT2D eigenvalue weighted by molar-refractivity contribution is 6.02. The zero-order chi connectivity index (χ0) is 12.3. The molecule has 92 valence electrons. The van der Waals surface area contributed by atoms with Crippen LogP contribution in [0.1, 0.15) is 43.5 Å². The van der Waals surface area contributed by atoms with Crippen molar-refractivity contribution in [3.63, 3.8) is 0 Å². The molecule has 0 atom stereocenters. The van der Waals surface area contributed by atoms with Crippen LogP contribution in [0.25, 0.3) is 0 Å². The van der Waals surface area contributed by atoms with Crippen LogP contribution >= 0.6 is 0 Å². The van der Waals surface area contributed by atoms with Crippen molar-refractivity contribution in [2.75, 3.05) is 13.1 Å². The van der Waals surface area contributed by atoms with Gasteiger partial charge in [0, 0.05) is 18.0 Å². The van der Waals surface area contributed by atoms with E-state index in [9.17, 15) is 4.79 Å². The van der Waals surface area contributed by atoms with Gasteiger partial charge in [-0.3, -0.25) is 14.7 Å². The lowest BCUT2D eigenvalue weighted by Gasteiger charge is -2.39. The maximum absolute atomic E-state index is 12.5. The van der Waals surface area contributed by atoms with Crippen LogP contribution in [-0.2, 0) is 0 Å². The van der Waals surface area contributed by atoms with Crippen LogP contribution in [0.4, 0.5) is 0 Å². The fourth-order valence-corrected chi connectivity index (χ4v) is 2.45. The zero-order valence-corrected chi connectivity index (χ0v) is 10.6. The molecule has 0 aromatic carbocycles. The van der Waals surface area contributed by atoms with Crippen molar-refractivity contribution in [2.45, 2.75) is 38.6 Å². The second-order valence-corrected chi connectivity index (χ2v) is 5.18. The number of piperidine rings is 1. The van der Waals surface area contributed by atoms with Crippen molar-refractivity contribution >= 4 is 5.78 Å². The predicted octanol–water partition coefficient (Wildman–Crippen LogP) is 2.53. The van der Waals surface area contributed by atoms with E-state index in [0.717, 1.165) is 13.1 Å². The highest BCUT2D eigenvalue weighted by Gasteiger charge is 2.35. The summed E-state index contributed by atoms with van der Waals surface area (Å²) in [6.45, 7) is 6.10. The Labute approximate surface area is 103 Å². The molecule has 1 fully saturated rings. The monoisotopic (exact) mass is 232 g/mol. The van der Waals surface area contributed by atoms with E-state index in [4.69, 9.17) is 0 Å². The van der Waals surface area contributed by atoms with Crippen LogP contribution in [0, 0.1) is 0 Å². The third-order valence-corrected chi connectivity index (χ3v) is 3.63. The lowest BCUT2D eigenvalue weighted by atomic mass is 9.90. The first-order valence-corrected chi connectivity index (χ1v) is 6.32. The van der Waals surface area contributed by atoms with Gasteiger partial charge in [0.2, 0.25) is 0 Å². The molecule has 0 N–H and O–H groups in total. The van der Waals surface area contributed by atoms with Gasteiger partial charge in [-0.15, -0.1) is 0 Å². The van der Waals surface area contributed by atoms with Gasteiger partial charge < -0.3 is 0 Å². The summed E-state index contributed by atoms with van der Waals surface area (Å²) in [5.41, 5.74) is 0.298. The topological polar surface area (TPSA) is 33.2 Å². The minimum absolute atomic E-state index is 0.174. The smallest absolute Gasteiger partial charge is 0.184 e. The Morgan fingerprint density at radius 2 is 2.00 bits per heavy atom. The molecule has 1 aliphatic rings. The molecule has 0 unspecified atom stereocenters. The summed E-state index contributed by atoms with van der Waals surface area (Å²) in [4.78, 5) is 18.8. The first kappa shape index (κ1) is 12.2. The zero-order valence-electron chi connectivity index (χ0n) is 10.6. The van der Waals surface area contributed by atoms with Crippen molar-refractivity contribution in [2.24, 2.45) is 0 Å². The number of rotatable bonds is 3. The van der Waals surface area contributed by atoms with E-state index in [1.807, 2.05) is 26.0 Å². The molecule has 0 spiro atoms. The van der Waals surface area contributed by atoms with Crippen molar-refractivity contribution in [3.05, 3.63) is 30.1 Å². The summed E-state index contributed by atoms with van der Waals surface area (Å²) >= 11 is 0. The lowest BCUT2D eigenvalue weighted by molar-refractivity contribution is 0.0579. The number of hydrogen-bond donors (Lipinski definition) is 0. The van der Waals surface area contributed by atoms with E-state index in [1.165, 1.54) is 19.3 Å². The summed E-state index contributed by atoms with van der Waals surface area (Å²) in [5.74, 6) is 0.174. The Kier molecular flexibility index (Phi) is 3.57. The molecular formula is C14H20N2O. The molecule has 1 aliphatic heterocycles. The van der Waals surface area contributed by atoms with Crippen LogP contribution in [0.3, 0.4) is 0 Å². The van der Waals surface area contributed by atoms with Crippen LogP contribution < -0.4 is 0 Å². The molecule has 3 nitrogen and oxygen atoms in total. The maximum atomic E-state index is 12.5. The van der Waals surface area contributed by atoms with Crippen LogP contribution in [0.2, 0.25) is 0 Å². The van der Waals surface area contributed by atoms with Crippen molar-refractivity contribution in [3.8, 4) is 0 Å². The van der Waals surface area contributed by atoms with Crippen molar-refractivity contribution in [1.29, 1.82) is 0 Å². The second-order valence-electron chi connectivity index (χ2n) is 5.18. The molecule has 17 heavy (non-hydrogen) atoms. The Bertz CT molecular complexity index is 380. The normalized spacial score (nSPS) is 18.0. The van der Waals surface area contributed by atoms with Crippen LogP contribution in [-0.4, -0.2) is 34.3 Å². The number of likely N-dealkylation sites (tertiary alicyclic amines) is 1. The van der Waals surface area contributed by atoms with Gasteiger partial charge in [-0.05, 0) is 51.9 Å². The number of nitrogens with zero attached hydrogens (tertiary/aromatic N) is 2. The summed E-state index contributed by atoms with van der Waals surface area (Å²) in [6.07, 6.45) is 7.04. The molecule has 0 bridgehead atoms. The molecule has 1 saturated heterocycles. The standard InChI is InChI=1S/C14H20N2O/c1-14(2,16-9-4-3-5-10-16)13(17)12-7-6-8-15-11-12/h6-8,11H,3-5,9-10H2,1-2H3. The quantitative estimate of drug-likeness (QED) is 0.751. The molecule has 0 amide bonds. The largest absolute Gasteiger partial charge is 0.292 e. The van der Waals surface area contributed by atoms with E-state index in [2.05, 4.69) is 9.88 Å². The van der Waals surface area contributed by atoms with Gasteiger partial charge in [0.15, 0.2) is 5.78 Å². The first-order chi connectivity index (χ1) is 8.12. The number of Topliss-reactive ketones (excluding diaryl/α,β-unsaturated/α-hetero) is 1. The van der Waals surface area contributed by atoms with Gasteiger partial charge in [-0.1, -0.05) is 6.42 Å². The summed E-state index contributed by atoms with van der Waals surface area (Å²) in [7, 11) is 0. The van der Waals surface area contributed by atoms with E-state index in [-0.39, 0.29) is 5.78 Å². The molecule has 0 aliphatic carbocycles. The van der Waals surface area contributed by atoms with Gasteiger partial charge in [0.05, 0.1) is 5.54 Å². The number of carbonyl (C=O) groups excluding carboxylic acids is 1. The fraction of sp³-hybridized carbons (Fsp3) is 0.571. The lowest BCUT2D eigenvalue weighted by Crippen LogP contribution is -2.52. The Hall–Kier alpha value is -1.22. The minimum atomic E-state index is -0.413. The number of pyridine rings is 1. The van der Waals surface area contributed by atoms with E-state index < -0.39 is 5.54 Å². The number of aromatic nitrogens is 1. The van der Waals surface area contributed by atoms with Crippen LogP contribution in [0.5, 0.6) is 0 Å². The van der Waals surface area contributed by atoms with Crippen molar-refractivity contribution < 1.29 is 4.79 Å². The highest BCUT2D eigenvalue weighted by Crippen LogP contribution is 2.24. The van der Waals surface area contributed by atoms with Gasteiger partial charge in [0.1, 0.15) is 0 Å². The molecule has 1 aromatic heterocycles. The first-order valence-electron chi connectivity index (χ1n) is 6.32. The van der Waals surface area contributed by atoms with Gasteiger partial charge in [-0.25, -0.2) is 0 Å². The number of carbonyl (C=O) groups is 1.